The van der Waals surface area contributed by atoms with Crippen molar-refractivity contribution in [2.24, 2.45) is 0 Å². The van der Waals surface area contributed by atoms with E-state index in [9.17, 15) is 0 Å². The lowest BCUT2D eigenvalue weighted by atomic mass is 9.81. The topological polar surface area (TPSA) is 25.8 Å². The second-order valence-electron chi connectivity index (χ2n) is 16.4. The van der Waals surface area contributed by atoms with Crippen LogP contribution in [-0.4, -0.2) is 9.97 Å². The van der Waals surface area contributed by atoms with Crippen LogP contribution in [0.1, 0.15) is 36.1 Å². The van der Waals surface area contributed by atoms with Gasteiger partial charge in [0.2, 0.25) is 0 Å². The maximum Gasteiger partial charge on any atom is 0.160 e. The van der Waals surface area contributed by atoms with Gasteiger partial charge in [-0.1, -0.05) is 172 Å². The Balaban J connectivity index is 0.973. The van der Waals surface area contributed by atoms with E-state index >= 15 is 0 Å². The molecular weight excluding hydrogens is 689 g/mol. The molecule has 12 rings (SSSR count). The first-order valence-corrected chi connectivity index (χ1v) is 20.1. The van der Waals surface area contributed by atoms with Crippen molar-refractivity contribution < 1.29 is 0 Å². The summed E-state index contributed by atoms with van der Waals surface area (Å²) in [6, 6.07) is 62.7. The highest BCUT2D eigenvalue weighted by Gasteiger charge is 2.35. The van der Waals surface area contributed by atoms with Gasteiger partial charge >= 0.3 is 0 Å². The van der Waals surface area contributed by atoms with Gasteiger partial charge in [-0.2, -0.15) is 0 Å². The highest BCUT2D eigenvalue weighted by Crippen LogP contribution is 2.50. The molecule has 2 heteroatoms. The van der Waals surface area contributed by atoms with Gasteiger partial charge in [0, 0.05) is 27.7 Å². The van der Waals surface area contributed by atoms with Crippen molar-refractivity contribution in [2.45, 2.75) is 32.1 Å². The Bertz CT molecular complexity index is 3240. The summed E-state index contributed by atoms with van der Waals surface area (Å²) in [4.78, 5) is 10.8. The van der Waals surface area contributed by atoms with E-state index in [1.54, 1.807) is 0 Å². The highest BCUT2D eigenvalue weighted by atomic mass is 14.9. The second kappa shape index (κ2) is 12.0. The third kappa shape index (κ3) is 4.83. The fraction of sp³-hybridized carbons (Fsp3) is 0.0909. The van der Waals surface area contributed by atoms with E-state index in [1.807, 2.05) is 0 Å². The molecule has 9 aromatic carbocycles. The zero-order chi connectivity index (χ0) is 37.8. The molecule has 268 valence electrons. The predicted octanol–water partition coefficient (Wildman–Crippen LogP) is 14.1. The van der Waals surface area contributed by atoms with Gasteiger partial charge in [-0.3, -0.25) is 0 Å². The van der Waals surface area contributed by atoms with Crippen LogP contribution in [0, 0.1) is 0 Å². The van der Waals surface area contributed by atoms with Crippen LogP contribution in [0.2, 0.25) is 0 Å². The van der Waals surface area contributed by atoms with Crippen molar-refractivity contribution in [1.29, 1.82) is 0 Å². The average Bonchev–Trinajstić information content (AvgIpc) is 3.50. The summed E-state index contributed by atoms with van der Waals surface area (Å²) < 4.78 is 0. The van der Waals surface area contributed by atoms with Gasteiger partial charge in [0.05, 0.1) is 11.4 Å². The number of rotatable bonds is 4. The Morgan fingerprint density at radius 3 is 1.88 bits per heavy atom. The van der Waals surface area contributed by atoms with Gasteiger partial charge < -0.3 is 0 Å². The Labute approximate surface area is 332 Å². The standard InChI is InChI=1S/C55H38N2/c1-55(2)48-16-6-5-15-44(48)45-28-26-40(32-49(45)55)39-12-8-13-41(31-39)52-47-30-23-33-9-3-4-14-43(33)53(47)57-54(56-52)38-21-17-34(18-22-38)42-27-24-37-20-19-35-10-7-11-36-25-29-46(42)51(37)50(35)36/h3-22,24-29,31-32H,23,30H2,1-2H3. The number of aryl methyl sites for hydroxylation is 1. The van der Waals surface area contributed by atoms with Crippen LogP contribution >= 0.6 is 0 Å². The molecule has 0 bridgehead atoms. The normalized spacial score (nSPS) is 13.8. The molecule has 0 atom stereocenters. The van der Waals surface area contributed by atoms with Crippen molar-refractivity contribution in [3.63, 3.8) is 0 Å². The van der Waals surface area contributed by atoms with Crippen molar-refractivity contribution in [3.05, 3.63) is 192 Å². The van der Waals surface area contributed by atoms with Crippen LogP contribution in [0.4, 0.5) is 0 Å². The third-order valence-corrected chi connectivity index (χ3v) is 13.0. The Morgan fingerprint density at radius 1 is 0.404 bits per heavy atom. The molecule has 1 heterocycles. The molecule has 10 aromatic rings. The zero-order valence-corrected chi connectivity index (χ0v) is 32.0. The van der Waals surface area contributed by atoms with Crippen molar-refractivity contribution in [3.8, 4) is 67.3 Å². The SMILES string of the molecule is CC1(C)c2ccccc2-c2ccc(-c3cccc(-c4nc(-c5ccc(-c6ccc7ccc8cccc9ccc6c7c89)cc5)nc5c4CCc4ccccc4-5)c3)cc21. The Morgan fingerprint density at radius 2 is 1.02 bits per heavy atom. The van der Waals surface area contributed by atoms with E-state index in [0.717, 1.165) is 41.2 Å². The molecule has 0 unspecified atom stereocenters. The maximum absolute atomic E-state index is 5.44. The van der Waals surface area contributed by atoms with Crippen LogP contribution in [0.3, 0.4) is 0 Å². The van der Waals surface area contributed by atoms with Crippen LogP contribution in [0.25, 0.3) is 99.6 Å². The average molecular weight is 727 g/mol. The van der Waals surface area contributed by atoms with Crippen molar-refractivity contribution in [1.82, 2.24) is 9.97 Å². The third-order valence-electron chi connectivity index (χ3n) is 13.0. The van der Waals surface area contributed by atoms with Gasteiger partial charge in [0.25, 0.3) is 0 Å². The molecule has 0 radical (unpaired) electrons. The number of hydrogen-bond acceptors (Lipinski definition) is 2. The zero-order valence-electron chi connectivity index (χ0n) is 32.0. The second-order valence-corrected chi connectivity index (χ2v) is 16.4. The summed E-state index contributed by atoms with van der Waals surface area (Å²) in [5, 5.41) is 7.81. The minimum Gasteiger partial charge on any atom is -0.228 e. The minimum atomic E-state index is -0.0525. The fourth-order valence-corrected chi connectivity index (χ4v) is 10.1. The van der Waals surface area contributed by atoms with Gasteiger partial charge in [-0.25, -0.2) is 9.97 Å². The van der Waals surface area contributed by atoms with E-state index in [2.05, 4.69) is 184 Å². The first kappa shape index (κ1) is 32.4. The quantitative estimate of drug-likeness (QED) is 0.169. The van der Waals surface area contributed by atoms with Gasteiger partial charge in [-0.05, 0) is 107 Å². The number of nitrogens with zero attached hydrogens (tertiary/aromatic N) is 2. The van der Waals surface area contributed by atoms with Crippen LogP contribution in [0.15, 0.2) is 170 Å². The molecular formula is C55H38N2. The van der Waals surface area contributed by atoms with Crippen LogP contribution in [-0.2, 0) is 18.3 Å². The summed E-state index contributed by atoms with van der Waals surface area (Å²) in [7, 11) is 0. The summed E-state index contributed by atoms with van der Waals surface area (Å²) in [6.07, 6.45) is 1.89. The molecule has 2 nitrogen and oxygen atoms in total. The molecule has 0 amide bonds. The number of aromatic nitrogens is 2. The smallest absolute Gasteiger partial charge is 0.160 e. The van der Waals surface area contributed by atoms with Gasteiger partial charge in [0.1, 0.15) is 0 Å². The van der Waals surface area contributed by atoms with Crippen LogP contribution < -0.4 is 0 Å². The van der Waals surface area contributed by atoms with E-state index in [-0.39, 0.29) is 5.41 Å². The summed E-state index contributed by atoms with van der Waals surface area (Å²) in [5.41, 5.74) is 18.3. The molecule has 0 saturated carbocycles. The lowest BCUT2D eigenvalue weighted by molar-refractivity contribution is 0.660. The molecule has 57 heavy (non-hydrogen) atoms. The summed E-state index contributed by atoms with van der Waals surface area (Å²) in [5.74, 6) is 0.754. The molecule has 0 saturated heterocycles. The molecule has 2 aliphatic rings. The Hall–Kier alpha value is -6.90. The number of hydrogen-bond donors (Lipinski definition) is 0. The van der Waals surface area contributed by atoms with Crippen molar-refractivity contribution >= 4 is 32.3 Å². The monoisotopic (exact) mass is 726 g/mol. The van der Waals surface area contributed by atoms with Gasteiger partial charge in [0.15, 0.2) is 5.82 Å². The summed E-state index contributed by atoms with van der Waals surface area (Å²) in [6.45, 7) is 4.70. The first-order valence-electron chi connectivity index (χ1n) is 20.1. The highest BCUT2D eigenvalue weighted by molar-refractivity contribution is 6.25. The van der Waals surface area contributed by atoms with E-state index in [1.165, 1.54) is 93.5 Å². The molecule has 2 aliphatic carbocycles. The maximum atomic E-state index is 5.44. The van der Waals surface area contributed by atoms with Gasteiger partial charge in [-0.15, -0.1) is 0 Å². The Kier molecular flexibility index (Phi) is 6.84. The molecule has 0 fully saturated rings. The minimum absolute atomic E-state index is 0.0525. The largest absolute Gasteiger partial charge is 0.228 e. The first-order chi connectivity index (χ1) is 28.0. The number of benzene rings is 9. The predicted molar refractivity (Wildman–Crippen MR) is 238 cm³/mol. The number of fused-ring (bicyclic) bond motifs is 6. The van der Waals surface area contributed by atoms with Crippen LogP contribution in [0.5, 0.6) is 0 Å². The molecule has 1 aromatic heterocycles. The lowest BCUT2D eigenvalue weighted by Gasteiger charge is -2.23. The molecule has 0 N–H and O–H groups in total. The molecule has 0 spiro atoms. The van der Waals surface area contributed by atoms with E-state index < -0.39 is 0 Å². The summed E-state index contributed by atoms with van der Waals surface area (Å²) >= 11 is 0. The fourth-order valence-electron chi connectivity index (χ4n) is 10.1. The lowest BCUT2D eigenvalue weighted by Crippen LogP contribution is -2.14. The van der Waals surface area contributed by atoms with E-state index in [0.29, 0.717) is 0 Å². The van der Waals surface area contributed by atoms with E-state index in [4.69, 9.17) is 9.97 Å². The van der Waals surface area contributed by atoms with Crippen molar-refractivity contribution in [2.75, 3.05) is 0 Å². The molecule has 0 aliphatic heterocycles.